The van der Waals surface area contributed by atoms with E-state index in [0.717, 1.165) is 44.7 Å². The molecule has 5 rings (SSSR count). The van der Waals surface area contributed by atoms with Gasteiger partial charge < -0.3 is 9.84 Å². The van der Waals surface area contributed by atoms with Crippen molar-refractivity contribution in [1.82, 2.24) is 9.88 Å². The Morgan fingerprint density at radius 2 is 1.82 bits per heavy atom. The summed E-state index contributed by atoms with van der Waals surface area (Å²) in [5.74, 6) is -0.707. The summed E-state index contributed by atoms with van der Waals surface area (Å²) in [5, 5.41) is 9.78. The molecule has 9 heteroatoms. The molecule has 1 saturated heterocycles. The van der Waals surface area contributed by atoms with Crippen LogP contribution in [0.1, 0.15) is 52.8 Å². The van der Waals surface area contributed by atoms with Gasteiger partial charge in [-0.3, -0.25) is 14.7 Å². The van der Waals surface area contributed by atoms with E-state index in [4.69, 9.17) is 4.74 Å². The summed E-state index contributed by atoms with van der Waals surface area (Å²) in [6, 6.07) is 21.0. The third kappa shape index (κ3) is 7.68. The van der Waals surface area contributed by atoms with E-state index in [9.17, 15) is 23.1 Å². The van der Waals surface area contributed by atoms with Crippen molar-refractivity contribution in [3.8, 4) is 16.9 Å². The van der Waals surface area contributed by atoms with E-state index < -0.39 is 23.8 Å². The minimum atomic E-state index is -4.64. The van der Waals surface area contributed by atoms with Crippen LogP contribution in [0.3, 0.4) is 0 Å². The van der Waals surface area contributed by atoms with Gasteiger partial charge in [0.15, 0.2) is 0 Å². The zero-order chi connectivity index (χ0) is 31.3. The number of carboxylic acids is 1. The van der Waals surface area contributed by atoms with Gasteiger partial charge in [0, 0.05) is 21.9 Å². The number of aromatic nitrogens is 1. The van der Waals surface area contributed by atoms with Gasteiger partial charge in [0.05, 0.1) is 11.3 Å². The molecular weight excluding hydrogens is 680 g/mol. The Labute approximate surface area is 268 Å². The number of nitrogens with zero attached hydrogens (tertiary/aromatic N) is 2. The van der Waals surface area contributed by atoms with Gasteiger partial charge in [-0.25, -0.2) is 0 Å². The molecule has 0 aliphatic carbocycles. The number of likely N-dealkylation sites (tertiary alicyclic amines) is 1. The summed E-state index contributed by atoms with van der Waals surface area (Å²) in [5.41, 5.74) is 3.86. The number of piperidine rings is 1. The fourth-order valence-corrected chi connectivity index (χ4v) is 6.10. The monoisotopic (exact) mass is 712 g/mol. The van der Waals surface area contributed by atoms with E-state index in [0.29, 0.717) is 18.7 Å². The molecule has 1 aliphatic heterocycles. The van der Waals surface area contributed by atoms with Crippen LogP contribution in [0.5, 0.6) is 5.75 Å². The van der Waals surface area contributed by atoms with Crippen LogP contribution in [0.4, 0.5) is 13.2 Å². The van der Waals surface area contributed by atoms with Gasteiger partial charge in [0.1, 0.15) is 18.4 Å². The number of carboxylic acid groups (broad SMARTS) is 1. The summed E-state index contributed by atoms with van der Waals surface area (Å²) in [6.45, 7) is 2.52. The van der Waals surface area contributed by atoms with Crippen LogP contribution in [0, 0.1) is 10.5 Å². The summed E-state index contributed by atoms with van der Waals surface area (Å²) in [4.78, 5) is 18.0. The fourth-order valence-electron chi connectivity index (χ4n) is 5.58. The number of hydrogen-bond donors (Lipinski definition) is 1. The number of aliphatic carboxylic acids is 1. The molecule has 1 unspecified atom stereocenters. The molecule has 0 spiro atoms. The van der Waals surface area contributed by atoms with Crippen molar-refractivity contribution in [2.75, 3.05) is 6.54 Å². The third-order valence-electron chi connectivity index (χ3n) is 7.87. The first kappa shape index (κ1) is 31.7. The third-order valence-corrected chi connectivity index (χ3v) is 8.54. The van der Waals surface area contributed by atoms with Crippen LogP contribution >= 0.6 is 22.6 Å². The molecule has 0 radical (unpaired) electrons. The standard InChI is InChI=1S/C35H32F3IN2O3/c1-23-24(10-7-11-30(23)25-8-3-2-4-9-25)13-14-26-19-33(44-22-29-20-28(39)15-16-40-29)27(18-31(26)35(36,37)38)21-41-17-6-5-12-32(41)34(42)43/h2-4,7-11,13-16,18-20,32H,5-6,12,17,21-22H2,1H3,(H,42,43)/b14-13+. The SMILES string of the molecule is Cc1c(/C=C/c2cc(OCc3cc(I)ccn3)c(CN3CCCCC3C(=O)O)cc2C(F)(F)F)cccc1-c1ccccc1. The molecule has 0 bridgehead atoms. The normalized spacial score (nSPS) is 15.9. The maximum atomic E-state index is 14.5. The lowest BCUT2D eigenvalue weighted by Gasteiger charge is -2.33. The molecule has 5 nitrogen and oxygen atoms in total. The van der Waals surface area contributed by atoms with Gasteiger partial charge in [-0.15, -0.1) is 0 Å². The van der Waals surface area contributed by atoms with Crippen molar-refractivity contribution in [3.05, 3.63) is 116 Å². The zero-order valence-electron chi connectivity index (χ0n) is 24.2. The number of halogens is 4. The summed E-state index contributed by atoms with van der Waals surface area (Å²) < 4.78 is 50.7. The van der Waals surface area contributed by atoms with Gasteiger partial charge in [0.2, 0.25) is 0 Å². The Hall–Kier alpha value is -3.70. The second kappa shape index (κ2) is 13.9. The van der Waals surface area contributed by atoms with Crippen LogP contribution in [0.2, 0.25) is 0 Å². The molecular formula is C35H32F3IN2O3. The number of pyridine rings is 1. The van der Waals surface area contributed by atoms with Crippen LogP contribution in [0.15, 0.2) is 79.0 Å². The molecule has 1 aliphatic rings. The maximum absolute atomic E-state index is 14.5. The highest BCUT2D eigenvalue weighted by molar-refractivity contribution is 14.1. The first-order chi connectivity index (χ1) is 21.1. The molecule has 1 aromatic heterocycles. The zero-order valence-corrected chi connectivity index (χ0v) is 26.3. The van der Waals surface area contributed by atoms with Crippen molar-refractivity contribution >= 4 is 40.7 Å². The highest BCUT2D eigenvalue weighted by Gasteiger charge is 2.35. The predicted octanol–water partition coefficient (Wildman–Crippen LogP) is 8.87. The molecule has 0 saturated carbocycles. The Morgan fingerprint density at radius 1 is 1.05 bits per heavy atom. The lowest BCUT2D eigenvalue weighted by atomic mass is 9.95. The van der Waals surface area contributed by atoms with Gasteiger partial charge in [-0.1, -0.05) is 67.1 Å². The van der Waals surface area contributed by atoms with E-state index in [1.54, 1.807) is 17.2 Å². The lowest BCUT2D eigenvalue weighted by Crippen LogP contribution is -2.44. The second-order valence-corrected chi connectivity index (χ2v) is 12.1. The molecule has 0 amide bonds. The molecule has 4 aromatic rings. The first-order valence-corrected chi connectivity index (χ1v) is 15.5. The van der Waals surface area contributed by atoms with Crippen molar-refractivity contribution in [3.63, 3.8) is 0 Å². The maximum Gasteiger partial charge on any atom is 0.417 e. The molecule has 2 heterocycles. The van der Waals surface area contributed by atoms with Gasteiger partial charge >= 0.3 is 12.1 Å². The number of hydrogen-bond acceptors (Lipinski definition) is 4. The van der Waals surface area contributed by atoms with E-state index in [1.165, 1.54) is 12.1 Å². The average Bonchev–Trinajstić information content (AvgIpc) is 3.00. The number of ether oxygens (including phenoxy) is 1. The van der Waals surface area contributed by atoms with Gasteiger partial charge in [-0.2, -0.15) is 13.2 Å². The Morgan fingerprint density at radius 3 is 2.55 bits per heavy atom. The molecule has 44 heavy (non-hydrogen) atoms. The Balaban J connectivity index is 1.55. The highest BCUT2D eigenvalue weighted by Crippen LogP contribution is 2.38. The fraction of sp³-hybridized carbons (Fsp3) is 0.257. The number of rotatable bonds is 9. The molecule has 1 N–H and O–H groups in total. The topological polar surface area (TPSA) is 62.7 Å². The van der Waals surface area contributed by atoms with Crippen molar-refractivity contribution < 1.29 is 27.8 Å². The molecule has 1 fully saturated rings. The lowest BCUT2D eigenvalue weighted by molar-refractivity contribution is -0.145. The minimum Gasteiger partial charge on any atom is -0.487 e. The first-order valence-electron chi connectivity index (χ1n) is 14.4. The van der Waals surface area contributed by atoms with E-state index in [-0.39, 0.29) is 30.0 Å². The van der Waals surface area contributed by atoms with Crippen LogP contribution in [-0.4, -0.2) is 33.5 Å². The largest absolute Gasteiger partial charge is 0.487 e. The van der Waals surface area contributed by atoms with E-state index in [2.05, 4.69) is 27.6 Å². The summed E-state index contributed by atoms with van der Waals surface area (Å²) in [7, 11) is 0. The predicted molar refractivity (Wildman–Crippen MR) is 174 cm³/mol. The number of alkyl halides is 3. The molecule has 3 aromatic carbocycles. The van der Waals surface area contributed by atoms with Gasteiger partial charge in [0.25, 0.3) is 0 Å². The van der Waals surface area contributed by atoms with Crippen molar-refractivity contribution in [2.24, 2.45) is 0 Å². The minimum absolute atomic E-state index is 0.0252. The summed E-state index contributed by atoms with van der Waals surface area (Å²) in [6.07, 6.45) is 2.17. The highest BCUT2D eigenvalue weighted by atomic mass is 127. The quantitative estimate of drug-likeness (QED) is 0.139. The van der Waals surface area contributed by atoms with E-state index >= 15 is 0 Å². The number of carbonyl (C=O) groups is 1. The van der Waals surface area contributed by atoms with E-state index in [1.807, 2.05) is 67.6 Å². The Kier molecular flexibility index (Phi) is 10.1. The number of benzene rings is 3. The smallest absolute Gasteiger partial charge is 0.417 e. The van der Waals surface area contributed by atoms with Crippen LogP contribution in [0.25, 0.3) is 23.3 Å². The van der Waals surface area contributed by atoms with Gasteiger partial charge in [-0.05, 0) is 101 Å². The van der Waals surface area contributed by atoms with Crippen molar-refractivity contribution in [1.29, 1.82) is 0 Å². The molecule has 228 valence electrons. The average molecular weight is 713 g/mol. The van der Waals surface area contributed by atoms with Crippen LogP contribution < -0.4 is 4.74 Å². The second-order valence-electron chi connectivity index (χ2n) is 10.8. The molecule has 1 atom stereocenters. The Bertz CT molecular complexity index is 1660. The van der Waals surface area contributed by atoms with Crippen LogP contribution in [-0.2, 0) is 24.1 Å². The van der Waals surface area contributed by atoms with Crippen molar-refractivity contribution in [2.45, 2.75) is 51.6 Å². The summed E-state index contributed by atoms with van der Waals surface area (Å²) >= 11 is 2.16.